The Balaban J connectivity index is 1.64. The number of benzene rings is 2. The third-order valence-electron chi connectivity index (χ3n) is 7.72. The predicted octanol–water partition coefficient (Wildman–Crippen LogP) is 6.48. The maximum Gasteiger partial charge on any atom is 0.264 e. The summed E-state index contributed by atoms with van der Waals surface area (Å²) < 4.78 is 14.4. The van der Waals surface area contributed by atoms with Gasteiger partial charge in [0, 0.05) is 26.2 Å². The Hall–Kier alpha value is -2.15. The average molecular weight is 494 g/mol. The van der Waals surface area contributed by atoms with Gasteiger partial charge in [-0.3, -0.25) is 19.5 Å². The number of hydrogen-bond donors (Lipinski definition) is 0. The minimum atomic E-state index is -0.506. The fraction of sp³-hybridized carbons (Fsp3) is 0.483. The molecular formula is C29H36FN3OS. The van der Waals surface area contributed by atoms with Gasteiger partial charge in [0.25, 0.3) is 5.91 Å². The number of nitrogens with zero attached hydrogens (tertiary/aromatic N) is 3. The number of likely N-dealkylation sites (tertiary alicyclic amines) is 2. The Morgan fingerprint density at radius 2 is 1.54 bits per heavy atom. The van der Waals surface area contributed by atoms with Gasteiger partial charge in [-0.1, -0.05) is 74.0 Å². The molecule has 3 saturated heterocycles. The highest BCUT2D eigenvalue weighted by Crippen LogP contribution is 2.52. The summed E-state index contributed by atoms with van der Waals surface area (Å²) in [6.07, 6.45) is 9.93. The topological polar surface area (TPSA) is 26.8 Å². The molecular weight excluding hydrogens is 457 g/mol. The SMILES string of the molecule is CCC(N1CCCCC1)(N1CCCCC1)N1C(=O)C(=Cc2ccccc2)SC1c1cccc(F)c1. The first-order chi connectivity index (χ1) is 17.1. The van der Waals surface area contributed by atoms with E-state index >= 15 is 0 Å². The van der Waals surface area contributed by atoms with Crippen molar-refractivity contribution >= 4 is 23.7 Å². The van der Waals surface area contributed by atoms with E-state index in [0.717, 1.165) is 74.3 Å². The first kappa shape index (κ1) is 24.5. The lowest BCUT2D eigenvalue weighted by Crippen LogP contribution is -2.71. The lowest BCUT2D eigenvalue weighted by molar-refractivity contribution is -0.192. The fourth-order valence-electron chi connectivity index (χ4n) is 6.10. The van der Waals surface area contributed by atoms with Gasteiger partial charge in [0.15, 0.2) is 5.79 Å². The smallest absolute Gasteiger partial charge is 0.264 e. The van der Waals surface area contributed by atoms with Crippen LogP contribution in [0.1, 0.15) is 68.4 Å². The third kappa shape index (κ3) is 4.81. The number of hydrogen-bond acceptors (Lipinski definition) is 4. The van der Waals surface area contributed by atoms with Crippen molar-refractivity contribution in [3.63, 3.8) is 0 Å². The monoisotopic (exact) mass is 493 g/mol. The number of halogens is 1. The maximum absolute atomic E-state index is 14.4. The number of thioether (sulfide) groups is 1. The molecule has 35 heavy (non-hydrogen) atoms. The zero-order valence-corrected chi connectivity index (χ0v) is 21.5. The Morgan fingerprint density at radius 1 is 0.914 bits per heavy atom. The molecule has 3 heterocycles. The second-order valence-electron chi connectivity index (χ2n) is 9.84. The highest BCUT2D eigenvalue weighted by Gasteiger charge is 2.55. The van der Waals surface area contributed by atoms with Gasteiger partial charge in [0.05, 0.1) is 4.91 Å². The van der Waals surface area contributed by atoms with E-state index in [2.05, 4.69) is 21.6 Å². The molecule has 2 aromatic rings. The van der Waals surface area contributed by atoms with Crippen molar-refractivity contribution < 1.29 is 9.18 Å². The van der Waals surface area contributed by atoms with Crippen molar-refractivity contribution in [2.45, 2.75) is 63.0 Å². The van der Waals surface area contributed by atoms with Crippen LogP contribution in [0.3, 0.4) is 0 Å². The molecule has 1 amide bonds. The van der Waals surface area contributed by atoms with Gasteiger partial charge >= 0.3 is 0 Å². The van der Waals surface area contributed by atoms with Gasteiger partial charge in [-0.25, -0.2) is 4.39 Å². The lowest BCUT2D eigenvalue weighted by Gasteiger charge is -2.58. The minimum absolute atomic E-state index is 0.0612. The van der Waals surface area contributed by atoms with Gasteiger partial charge in [-0.05, 0) is 61.4 Å². The number of amides is 1. The number of piperidine rings is 2. The third-order valence-corrected chi connectivity index (χ3v) is 8.97. The van der Waals surface area contributed by atoms with Gasteiger partial charge in [0.1, 0.15) is 11.2 Å². The molecule has 0 N–H and O–H groups in total. The van der Waals surface area contributed by atoms with Crippen LogP contribution in [0.5, 0.6) is 0 Å². The maximum atomic E-state index is 14.4. The molecule has 5 rings (SSSR count). The van der Waals surface area contributed by atoms with Crippen LogP contribution < -0.4 is 0 Å². The molecule has 3 aliphatic heterocycles. The molecule has 0 aromatic heterocycles. The summed E-state index contributed by atoms with van der Waals surface area (Å²) in [7, 11) is 0. The van der Waals surface area contributed by atoms with Crippen molar-refractivity contribution in [2.75, 3.05) is 26.2 Å². The van der Waals surface area contributed by atoms with Crippen LogP contribution >= 0.6 is 11.8 Å². The van der Waals surface area contributed by atoms with Gasteiger partial charge in [0.2, 0.25) is 0 Å². The molecule has 4 nitrogen and oxygen atoms in total. The van der Waals surface area contributed by atoms with E-state index in [1.165, 1.54) is 18.9 Å². The first-order valence-electron chi connectivity index (χ1n) is 13.2. The summed E-state index contributed by atoms with van der Waals surface area (Å²) in [5.74, 6) is -0.700. The van der Waals surface area contributed by atoms with Crippen molar-refractivity contribution in [2.24, 2.45) is 0 Å². The minimum Gasteiger partial charge on any atom is -0.290 e. The summed E-state index contributed by atoms with van der Waals surface area (Å²) in [6, 6.07) is 16.9. The van der Waals surface area contributed by atoms with Crippen LogP contribution in [0.4, 0.5) is 4.39 Å². The summed E-state index contributed by atoms with van der Waals surface area (Å²) in [4.78, 5) is 22.4. The summed E-state index contributed by atoms with van der Waals surface area (Å²) in [5.41, 5.74) is 1.87. The normalized spacial score (nSPS) is 23.8. The Morgan fingerprint density at radius 3 is 2.11 bits per heavy atom. The molecule has 1 atom stereocenters. The van der Waals surface area contributed by atoms with Crippen molar-refractivity contribution in [3.8, 4) is 0 Å². The molecule has 6 heteroatoms. The summed E-state index contributed by atoms with van der Waals surface area (Å²) in [5, 5.41) is -0.267. The Kier molecular flexibility index (Phi) is 7.61. The molecule has 3 fully saturated rings. The Labute approximate surface area is 213 Å². The lowest BCUT2D eigenvalue weighted by atomic mass is 9.99. The molecule has 0 spiro atoms. The highest BCUT2D eigenvalue weighted by molar-refractivity contribution is 8.04. The molecule has 3 aliphatic rings. The number of carbonyl (C=O) groups is 1. The largest absolute Gasteiger partial charge is 0.290 e. The van der Waals surface area contributed by atoms with Gasteiger partial charge < -0.3 is 0 Å². The summed E-state index contributed by atoms with van der Waals surface area (Å²) in [6.45, 7) is 6.19. The first-order valence-corrected chi connectivity index (χ1v) is 14.0. The van der Waals surface area contributed by atoms with E-state index in [4.69, 9.17) is 0 Å². The predicted molar refractivity (Wildman–Crippen MR) is 142 cm³/mol. The van der Waals surface area contributed by atoms with Crippen molar-refractivity contribution in [3.05, 3.63) is 76.4 Å². The van der Waals surface area contributed by atoms with Crippen LogP contribution in [-0.2, 0) is 4.79 Å². The van der Waals surface area contributed by atoms with Crippen LogP contribution in [0.15, 0.2) is 59.5 Å². The Bertz CT molecular complexity index is 1030. The zero-order valence-electron chi connectivity index (χ0n) is 20.7. The second kappa shape index (κ2) is 10.9. The number of rotatable bonds is 6. The quantitative estimate of drug-likeness (QED) is 0.431. The van der Waals surface area contributed by atoms with E-state index in [-0.39, 0.29) is 17.1 Å². The molecule has 0 aliphatic carbocycles. The van der Waals surface area contributed by atoms with Crippen molar-refractivity contribution in [1.29, 1.82) is 0 Å². The standard InChI is InChI=1S/C29H36FN3OS/c1-2-29(31-17-8-4-9-18-31,32-19-10-5-11-20-32)33-27(34)26(21-23-13-6-3-7-14-23)35-28(33)24-15-12-16-25(30)22-24/h3,6-7,12-16,21-22,28H,2,4-5,8-11,17-20H2,1H3. The zero-order chi connectivity index (χ0) is 24.3. The van der Waals surface area contributed by atoms with Crippen LogP contribution in [0, 0.1) is 5.82 Å². The van der Waals surface area contributed by atoms with Crippen LogP contribution in [0.25, 0.3) is 6.08 Å². The van der Waals surface area contributed by atoms with E-state index in [0.29, 0.717) is 0 Å². The molecule has 2 aromatic carbocycles. The average Bonchev–Trinajstić information content (AvgIpc) is 3.23. The molecule has 186 valence electrons. The van der Waals surface area contributed by atoms with E-state index < -0.39 is 5.79 Å². The van der Waals surface area contributed by atoms with Crippen LogP contribution in [-0.4, -0.2) is 52.6 Å². The highest BCUT2D eigenvalue weighted by atomic mass is 32.2. The second-order valence-corrected chi connectivity index (χ2v) is 11.0. The van der Waals surface area contributed by atoms with Crippen LogP contribution in [0.2, 0.25) is 0 Å². The molecule has 0 radical (unpaired) electrons. The molecule has 0 bridgehead atoms. The number of carbonyl (C=O) groups excluding carboxylic acids is 1. The van der Waals surface area contributed by atoms with Gasteiger partial charge in [-0.2, -0.15) is 0 Å². The molecule has 0 saturated carbocycles. The van der Waals surface area contributed by atoms with E-state index in [1.54, 1.807) is 23.9 Å². The summed E-state index contributed by atoms with van der Waals surface area (Å²) >= 11 is 1.57. The molecule has 1 unspecified atom stereocenters. The van der Waals surface area contributed by atoms with E-state index in [9.17, 15) is 9.18 Å². The van der Waals surface area contributed by atoms with E-state index in [1.807, 2.05) is 42.5 Å². The van der Waals surface area contributed by atoms with Gasteiger partial charge in [-0.15, -0.1) is 0 Å². The van der Waals surface area contributed by atoms with Crippen molar-refractivity contribution in [1.82, 2.24) is 14.7 Å². The fourth-order valence-corrected chi connectivity index (χ4v) is 7.40.